The van der Waals surface area contributed by atoms with E-state index in [0.717, 1.165) is 22.9 Å². The molecule has 0 aliphatic rings. The average Bonchev–Trinajstić information content (AvgIpc) is 2.62. The second-order valence-corrected chi connectivity index (χ2v) is 5.58. The SMILES string of the molecule is CCc1cc(=O)n(CCNC(=O)c2ccc3ccccc3c2)cn1. The number of carbonyl (C=O) groups is 1. The van der Waals surface area contributed by atoms with Crippen molar-refractivity contribution >= 4 is 16.7 Å². The molecule has 0 bridgehead atoms. The first-order valence-electron chi connectivity index (χ1n) is 8.00. The van der Waals surface area contributed by atoms with Crippen molar-refractivity contribution in [1.82, 2.24) is 14.9 Å². The summed E-state index contributed by atoms with van der Waals surface area (Å²) in [4.78, 5) is 28.3. The van der Waals surface area contributed by atoms with Crippen molar-refractivity contribution in [3.63, 3.8) is 0 Å². The Bertz CT molecular complexity index is 931. The smallest absolute Gasteiger partial charge is 0.253 e. The van der Waals surface area contributed by atoms with Crippen molar-refractivity contribution < 1.29 is 4.79 Å². The summed E-state index contributed by atoms with van der Waals surface area (Å²) in [5.41, 5.74) is 1.29. The zero-order valence-electron chi connectivity index (χ0n) is 13.5. The number of carbonyl (C=O) groups excluding carboxylic acids is 1. The van der Waals surface area contributed by atoms with E-state index in [9.17, 15) is 9.59 Å². The largest absolute Gasteiger partial charge is 0.350 e. The second-order valence-electron chi connectivity index (χ2n) is 5.58. The topological polar surface area (TPSA) is 64.0 Å². The standard InChI is InChI=1S/C19H19N3O2/c1-2-17-12-18(23)22(13-21-17)10-9-20-19(24)16-8-7-14-5-3-4-6-15(14)11-16/h3-8,11-13H,2,9-10H2,1H3,(H,20,24). The third-order valence-corrected chi connectivity index (χ3v) is 3.95. The van der Waals surface area contributed by atoms with Crippen LogP contribution in [0.3, 0.4) is 0 Å². The summed E-state index contributed by atoms with van der Waals surface area (Å²) >= 11 is 0. The van der Waals surface area contributed by atoms with Crippen molar-refractivity contribution in [3.8, 4) is 0 Å². The lowest BCUT2D eigenvalue weighted by atomic mass is 10.1. The minimum atomic E-state index is -0.146. The van der Waals surface area contributed by atoms with Crippen LogP contribution in [0, 0.1) is 0 Å². The van der Waals surface area contributed by atoms with Crippen LogP contribution >= 0.6 is 0 Å². The minimum Gasteiger partial charge on any atom is -0.350 e. The molecule has 0 aliphatic carbocycles. The number of benzene rings is 2. The first kappa shape index (κ1) is 15.9. The van der Waals surface area contributed by atoms with Gasteiger partial charge in [0.2, 0.25) is 0 Å². The summed E-state index contributed by atoms with van der Waals surface area (Å²) in [5, 5.41) is 4.97. The van der Waals surface area contributed by atoms with E-state index in [2.05, 4.69) is 10.3 Å². The lowest BCUT2D eigenvalue weighted by Gasteiger charge is -2.08. The molecule has 1 aromatic heterocycles. The van der Waals surface area contributed by atoms with Gasteiger partial charge in [0.05, 0.1) is 6.33 Å². The van der Waals surface area contributed by atoms with E-state index >= 15 is 0 Å². The maximum atomic E-state index is 12.2. The Morgan fingerprint density at radius 1 is 1.12 bits per heavy atom. The number of amides is 1. The molecule has 0 saturated heterocycles. The van der Waals surface area contributed by atoms with Crippen LogP contribution in [0.5, 0.6) is 0 Å². The van der Waals surface area contributed by atoms with Crippen molar-refractivity contribution in [2.75, 3.05) is 6.54 Å². The zero-order valence-corrected chi connectivity index (χ0v) is 13.5. The van der Waals surface area contributed by atoms with Gasteiger partial charge in [0.25, 0.3) is 11.5 Å². The van der Waals surface area contributed by atoms with E-state index in [1.54, 1.807) is 6.07 Å². The van der Waals surface area contributed by atoms with Crippen LogP contribution in [0.25, 0.3) is 10.8 Å². The fourth-order valence-corrected chi connectivity index (χ4v) is 2.55. The van der Waals surface area contributed by atoms with Crippen LogP contribution in [0.2, 0.25) is 0 Å². The molecule has 24 heavy (non-hydrogen) atoms. The third-order valence-electron chi connectivity index (χ3n) is 3.95. The van der Waals surface area contributed by atoms with Crippen LogP contribution in [-0.4, -0.2) is 22.0 Å². The molecule has 1 heterocycles. The summed E-state index contributed by atoms with van der Waals surface area (Å²) in [6.07, 6.45) is 2.26. The molecule has 0 fully saturated rings. The Hall–Kier alpha value is -2.95. The van der Waals surface area contributed by atoms with Crippen molar-refractivity contribution in [3.05, 3.63) is 76.5 Å². The molecule has 0 atom stereocenters. The summed E-state index contributed by atoms with van der Waals surface area (Å²) in [7, 11) is 0. The number of nitrogens with zero attached hydrogens (tertiary/aromatic N) is 2. The van der Waals surface area contributed by atoms with Crippen LogP contribution in [0.4, 0.5) is 0 Å². The Morgan fingerprint density at radius 3 is 2.67 bits per heavy atom. The summed E-state index contributed by atoms with van der Waals surface area (Å²) < 4.78 is 1.50. The van der Waals surface area contributed by atoms with Crippen LogP contribution in [0.15, 0.2) is 59.7 Å². The molecule has 3 rings (SSSR count). The summed E-state index contributed by atoms with van der Waals surface area (Å²) in [6.45, 7) is 2.73. The predicted octanol–water partition coefficient (Wildman–Crippen LogP) is 2.39. The van der Waals surface area contributed by atoms with Crippen molar-refractivity contribution in [1.29, 1.82) is 0 Å². The van der Waals surface area contributed by atoms with Crippen molar-refractivity contribution in [2.24, 2.45) is 0 Å². The molecule has 1 N–H and O–H groups in total. The Labute approximate surface area is 140 Å². The summed E-state index contributed by atoms with van der Waals surface area (Å²) in [6, 6.07) is 15.0. The lowest BCUT2D eigenvalue weighted by Crippen LogP contribution is -2.31. The van der Waals surface area contributed by atoms with E-state index in [0.29, 0.717) is 18.7 Å². The van der Waals surface area contributed by atoms with Gasteiger partial charge in [-0.15, -0.1) is 0 Å². The van der Waals surface area contributed by atoms with Gasteiger partial charge in [0, 0.05) is 30.4 Å². The predicted molar refractivity (Wildman–Crippen MR) is 94.2 cm³/mol. The van der Waals surface area contributed by atoms with E-state index in [-0.39, 0.29) is 11.5 Å². The molecule has 122 valence electrons. The van der Waals surface area contributed by atoms with Gasteiger partial charge < -0.3 is 5.32 Å². The molecule has 0 aliphatic heterocycles. The van der Waals surface area contributed by atoms with E-state index in [1.165, 1.54) is 17.0 Å². The molecule has 0 radical (unpaired) electrons. The van der Waals surface area contributed by atoms with Gasteiger partial charge in [-0.25, -0.2) is 4.98 Å². The molecule has 0 spiro atoms. The first-order chi connectivity index (χ1) is 11.7. The number of rotatable bonds is 5. The second kappa shape index (κ2) is 7.08. The average molecular weight is 321 g/mol. The number of nitrogens with one attached hydrogen (secondary N) is 1. The van der Waals surface area contributed by atoms with E-state index in [4.69, 9.17) is 0 Å². The molecule has 1 amide bonds. The third kappa shape index (κ3) is 3.51. The minimum absolute atomic E-state index is 0.0956. The number of hydrogen-bond donors (Lipinski definition) is 1. The van der Waals surface area contributed by atoms with Gasteiger partial charge in [-0.2, -0.15) is 0 Å². The van der Waals surface area contributed by atoms with Gasteiger partial charge in [-0.1, -0.05) is 37.3 Å². The van der Waals surface area contributed by atoms with Crippen LogP contribution in [0.1, 0.15) is 23.0 Å². The fourth-order valence-electron chi connectivity index (χ4n) is 2.55. The summed E-state index contributed by atoms with van der Waals surface area (Å²) in [5.74, 6) is -0.146. The molecule has 2 aromatic carbocycles. The molecular formula is C19H19N3O2. The van der Waals surface area contributed by atoms with E-state index < -0.39 is 0 Å². The zero-order chi connectivity index (χ0) is 16.9. The quantitative estimate of drug-likeness (QED) is 0.785. The maximum Gasteiger partial charge on any atom is 0.253 e. The van der Waals surface area contributed by atoms with E-state index in [1.807, 2.05) is 43.3 Å². The van der Waals surface area contributed by atoms with Crippen molar-refractivity contribution in [2.45, 2.75) is 19.9 Å². The first-order valence-corrected chi connectivity index (χ1v) is 8.00. The Morgan fingerprint density at radius 2 is 1.92 bits per heavy atom. The number of fused-ring (bicyclic) bond motifs is 1. The highest BCUT2D eigenvalue weighted by atomic mass is 16.1. The molecule has 5 nitrogen and oxygen atoms in total. The molecule has 0 saturated carbocycles. The molecule has 5 heteroatoms. The highest BCUT2D eigenvalue weighted by Crippen LogP contribution is 2.15. The van der Waals surface area contributed by atoms with Crippen LogP contribution < -0.4 is 10.9 Å². The van der Waals surface area contributed by atoms with Crippen LogP contribution in [-0.2, 0) is 13.0 Å². The number of aryl methyl sites for hydroxylation is 1. The van der Waals surface area contributed by atoms with Gasteiger partial charge in [-0.05, 0) is 29.3 Å². The highest BCUT2D eigenvalue weighted by molar-refractivity contribution is 5.98. The molecule has 0 unspecified atom stereocenters. The number of aromatic nitrogens is 2. The Balaban J connectivity index is 1.63. The van der Waals surface area contributed by atoms with Gasteiger partial charge in [-0.3, -0.25) is 14.2 Å². The highest BCUT2D eigenvalue weighted by Gasteiger charge is 2.06. The lowest BCUT2D eigenvalue weighted by molar-refractivity contribution is 0.0952. The Kier molecular flexibility index (Phi) is 4.70. The molecular weight excluding hydrogens is 302 g/mol. The molecule has 3 aromatic rings. The fraction of sp³-hybridized carbons (Fsp3) is 0.211. The van der Waals surface area contributed by atoms with Gasteiger partial charge in [0.15, 0.2) is 0 Å². The van der Waals surface area contributed by atoms with Gasteiger partial charge >= 0.3 is 0 Å². The normalized spacial score (nSPS) is 10.7. The number of hydrogen-bond acceptors (Lipinski definition) is 3. The maximum absolute atomic E-state index is 12.2. The van der Waals surface area contributed by atoms with Gasteiger partial charge in [0.1, 0.15) is 0 Å². The monoisotopic (exact) mass is 321 g/mol.